The van der Waals surface area contributed by atoms with E-state index in [1.54, 1.807) is 0 Å². The smallest absolute Gasteiger partial charge is 0.407 e. The van der Waals surface area contributed by atoms with Gasteiger partial charge in [0.05, 0.1) is 50.5 Å². The van der Waals surface area contributed by atoms with Crippen molar-refractivity contribution in [1.82, 2.24) is 35.1 Å². The van der Waals surface area contributed by atoms with Crippen LogP contribution in [-0.4, -0.2) is 99.2 Å². The van der Waals surface area contributed by atoms with E-state index < -0.39 is 18.1 Å². The third-order valence-corrected chi connectivity index (χ3v) is 15.8. The SMILES string of the molecule is COC(=O)C[C@H](C(=O)N1C2C(C[C@H]1c1ncc(-c3ccc4cc(-c5ccc(-c6nc([C@@H]7CC8C(C)C8N7C(=O)[C@@H](NC(=O)OC)C(C)C)[nH]c6Cl)cc5)ccc4c3)[nH]1)[C@H]2C)C1CCOCC1. The predicted octanol–water partition coefficient (Wildman–Crippen LogP) is 8.74. The molecule has 10 atom stereocenters. The first-order valence-corrected chi connectivity index (χ1v) is 23.8. The van der Waals surface area contributed by atoms with Crippen LogP contribution < -0.4 is 5.32 Å². The molecule has 2 aliphatic carbocycles. The second kappa shape index (κ2) is 17.5. The number of nitrogens with zero attached hydrogens (tertiary/aromatic N) is 4. The maximum atomic E-state index is 14.5. The number of aromatic nitrogens is 4. The van der Waals surface area contributed by atoms with E-state index in [4.69, 9.17) is 35.8 Å². The van der Waals surface area contributed by atoms with Crippen LogP contribution >= 0.6 is 11.6 Å². The number of H-pyrrole nitrogens is 2. The molecule has 66 heavy (non-hydrogen) atoms. The third kappa shape index (κ3) is 7.93. The first-order valence-electron chi connectivity index (χ1n) is 23.4. The molecule has 0 radical (unpaired) electrons. The number of amides is 3. The number of ether oxygens (including phenoxy) is 3. The first-order chi connectivity index (χ1) is 31.8. The van der Waals surface area contributed by atoms with Crippen LogP contribution in [0.4, 0.5) is 4.79 Å². The molecule has 5 heterocycles. The molecule has 15 heteroatoms. The average Bonchev–Trinajstić information content (AvgIpc) is 3.77. The van der Waals surface area contributed by atoms with E-state index in [1.807, 2.05) is 42.0 Å². The number of carbonyl (C=O) groups excluding carboxylic acids is 4. The number of hydrogen-bond donors (Lipinski definition) is 3. The van der Waals surface area contributed by atoms with Crippen LogP contribution in [0.3, 0.4) is 0 Å². The Morgan fingerprint density at radius 3 is 2.02 bits per heavy atom. The van der Waals surface area contributed by atoms with Crippen LogP contribution in [0.1, 0.15) is 83.5 Å². The second-order valence-electron chi connectivity index (χ2n) is 19.5. The number of carbonyl (C=O) groups is 4. The van der Waals surface area contributed by atoms with Gasteiger partial charge in [-0.2, -0.15) is 0 Å². The summed E-state index contributed by atoms with van der Waals surface area (Å²) in [5, 5.41) is 5.33. The summed E-state index contributed by atoms with van der Waals surface area (Å²) in [7, 11) is 2.68. The molecule has 14 nitrogen and oxygen atoms in total. The standard InChI is InChI=1S/C51H58ClN7O7/c1-25(2)42(56-51(63)65-6)50(62)59-40(22-36-27(4)45(36)59)48-55-43(46(52)57-48)30-9-7-28(8-10-30)31-11-12-33-20-34(14-13-32(33)19-31)38-24-53-47(54-38)39-21-35-26(3)44(35)58(39)49(61)37(23-41(60)64-5)29-15-17-66-18-16-29/h7-14,19-20,24-27,29,35-37,39-40,42,44-45H,15-18,21-23H2,1-6H3,(H,53,54)(H,55,57)(H,56,63)/t26-,27?,35?,36?,37+,39+,40+,42+,44?,45?/m1/s1. The monoisotopic (exact) mass is 915 g/mol. The maximum absolute atomic E-state index is 14.5. The summed E-state index contributed by atoms with van der Waals surface area (Å²) in [6.45, 7) is 9.39. The number of benzene rings is 3. The number of hydrogen-bond acceptors (Lipinski definition) is 9. The Kier molecular flexibility index (Phi) is 11.7. The van der Waals surface area contributed by atoms with Crippen molar-refractivity contribution in [1.29, 1.82) is 0 Å². The lowest BCUT2D eigenvalue weighted by molar-refractivity contribution is -0.150. The fraction of sp³-hybridized carbons (Fsp3) is 0.490. The predicted molar refractivity (Wildman–Crippen MR) is 249 cm³/mol. The van der Waals surface area contributed by atoms with Crippen molar-refractivity contribution in [3.05, 3.63) is 83.7 Å². The van der Waals surface area contributed by atoms with Crippen molar-refractivity contribution in [2.24, 2.45) is 41.4 Å². The molecule has 3 amide bonds. The van der Waals surface area contributed by atoms with E-state index in [0.717, 1.165) is 70.2 Å². The van der Waals surface area contributed by atoms with Crippen molar-refractivity contribution < 1.29 is 33.4 Å². The minimum absolute atomic E-state index is 0.0296. The number of esters is 1. The van der Waals surface area contributed by atoms with Gasteiger partial charge in [0.2, 0.25) is 11.8 Å². The number of imidazole rings is 2. The number of aromatic amines is 2. The molecular weight excluding hydrogens is 858 g/mol. The summed E-state index contributed by atoms with van der Waals surface area (Å²) in [5.41, 5.74) is 5.48. The highest BCUT2D eigenvalue weighted by atomic mass is 35.5. The van der Waals surface area contributed by atoms with Gasteiger partial charge in [-0.25, -0.2) is 14.8 Å². The largest absolute Gasteiger partial charge is 0.469 e. The highest BCUT2D eigenvalue weighted by Gasteiger charge is 2.63. The highest BCUT2D eigenvalue weighted by molar-refractivity contribution is 6.32. The number of likely N-dealkylation sites (tertiary alicyclic amines) is 2. The zero-order valence-electron chi connectivity index (χ0n) is 38.3. The van der Waals surface area contributed by atoms with Crippen molar-refractivity contribution in [3.63, 3.8) is 0 Å². The van der Waals surface area contributed by atoms with Crippen molar-refractivity contribution in [3.8, 4) is 33.6 Å². The van der Waals surface area contributed by atoms with Gasteiger partial charge < -0.3 is 39.3 Å². The van der Waals surface area contributed by atoms with Gasteiger partial charge >= 0.3 is 12.1 Å². The summed E-state index contributed by atoms with van der Waals surface area (Å²) < 4.78 is 15.5. The molecule has 3 aromatic carbocycles. The lowest BCUT2D eigenvalue weighted by atomic mass is 9.82. The number of alkyl carbamates (subject to hydrolysis) is 1. The second-order valence-corrected chi connectivity index (χ2v) is 19.9. The lowest BCUT2D eigenvalue weighted by Crippen LogP contribution is -2.52. The third-order valence-electron chi connectivity index (χ3n) is 15.5. The Morgan fingerprint density at radius 1 is 0.788 bits per heavy atom. The van der Waals surface area contributed by atoms with E-state index in [2.05, 4.69) is 77.7 Å². The van der Waals surface area contributed by atoms with Gasteiger partial charge in [0, 0.05) is 36.4 Å². The zero-order valence-corrected chi connectivity index (χ0v) is 39.0. The van der Waals surface area contributed by atoms with Gasteiger partial charge in [-0.15, -0.1) is 0 Å². The van der Waals surface area contributed by atoms with Gasteiger partial charge in [-0.3, -0.25) is 14.4 Å². The number of fused-ring (bicyclic) bond motifs is 3. The molecule has 3 saturated heterocycles. The number of halogens is 1. The molecular formula is C51H58ClN7O7. The molecule has 346 valence electrons. The minimum Gasteiger partial charge on any atom is -0.469 e. The molecule has 2 aromatic heterocycles. The normalized spacial score (nSPS) is 26.5. The average molecular weight is 917 g/mol. The molecule has 3 N–H and O–H groups in total. The molecule has 5 fully saturated rings. The fourth-order valence-corrected chi connectivity index (χ4v) is 11.8. The summed E-state index contributed by atoms with van der Waals surface area (Å²) >= 11 is 6.83. The fourth-order valence-electron chi connectivity index (χ4n) is 11.6. The summed E-state index contributed by atoms with van der Waals surface area (Å²) in [4.78, 5) is 73.9. The Labute approximate surface area is 389 Å². The van der Waals surface area contributed by atoms with Crippen molar-refractivity contribution in [2.75, 3.05) is 27.4 Å². The number of rotatable bonds is 12. The summed E-state index contributed by atoms with van der Waals surface area (Å²) in [6.07, 6.45) is 4.44. The number of methoxy groups -OCH3 is 2. The number of piperidine rings is 2. The van der Waals surface area contributed by atoms with Gasteiger partial charge in [-0.1, -0.05) is 87.8 Å². The van der Waals surface area contributed by atoms with Crippen molar-refractivity contribution in [2.45, 2.75) is 90.0 Å². The van der Waals surface area contributed by atoms with Gasteiger partial charge in [0.15, 0.2) is 0 Å². The van der Waals surface area contributed by atoms with E-state index in [9.17, 15) is 19.2 Å². The Balaban J connectivity index is 0.839. The topological polar surface area (TPSA) is 172 Å². The molecule has 3 aliphatic heterocycles. The zero-order chi connectivity index (χ0) is 46.1. The summed E-state index contributed by atoms with van der Waals surface area (Å²) in [5.74, 6) is 2.04. The highest BCUT2D eigenvalue weighted by Crippen LogP contribution is 2.59. The van der Waals surface area contributed by atoms with E-state index in [-0.39, 0.29) is 60.2 Å². The van der Waals surface area contributed by atoms with Crippen LogP contribution in [0, 0.1) is 41.4 Å². The Hall–Kier alpha value is -5.73. The first kappa shape index (κ1) is 44.1. The molecule has 0 spiro atoms. The molecule has 0 bridgehead atoms. The van der Waals surface area contributed by atoms with Crippen LogP contribution in [-0.2, 0) is 28.6 Å². The Bertz CT molecular complexity index is 2670. The molecule has 10 rings (SSSR count). The number of nitrogens with one attached hydrogen (secondary N) is 3. The minimum atomic E-state index is -0.725. The quantitative estimate of drug-likeness (QED) is 0.104. The van der Waals surface area contributed by atoms with Gasteiger partial charge in [0.1, 0.15) is 28.5 Å². The van der Waals surface area contributed by atoms with Gasteiger partial charge in [0.25, 0.3) is 0 Å². The summed E-state index contributed by atoms with van der Waals surface area (Å²) in [6, 6.07) is 20.0. The maximum Gasteiger partial charge on any atom is 0.407 e. The van der Waals surface area contributed by atoms with Crippen molar-refractivity contribution >= 4 is 46.3 Å². The molecule has 5 unspecified atom stereocenters. The molecule has 2 saturated carbocycles. The van der Waals surface area contributed by atoms with Crippen LogP contribution in [0.5, 0.6) is 0 Å². The van der Waals surface area contributed by atoms with Crippen LogP contribution in [0.25, 0.3) is 44.4 Å². The van der Waals surface area contributed by atoms with E-state index in [0.29, 0.717) is 53.6 Å². The van der Waals surface area contributed by atoms with E-state index in [1.165, 1.54) is 14.2 Å². The lowest BCUT2D eigenvalue weighted by Gasteiger charge is -2.35. The molecule has 5 aromatic rings. The van der Waals surface area contributed by atoms with Crippen LogP contribution in [0.15, 0.2) is 66.9 Å². The molecule has 5 aliphatic rings. The van der Waals surface area contributed by atoms with Crippen LogP contribution in [0.2, 0.25) is 5.15 Å². The van der Waals surface area contributed by atoms with E-state index >= 15 is 0 Å². The van der Waals surface area contributed by atoms with Gasteiger partial charge in [-0.05, 0) is 95.2 Å². The Morgan fingerprint density at radius 2 is 1.38 bits per heavy atom.